The second-order valence-corrected chi connectivity index (χ2v) is 9.80. The third-order valence-corrected chi connectivity index (χ3v) is 6.75. The van der Waals surface area contributed by atoms with Crippen LogP contribution in [0.25, 0.3) is 0 Å². The zero-order valence-electron chi connectivity index (χ0n) is 13.4. The van der Waals surface area contributed by atoms with E-state index in [0.29, 0.717) is 27.0 Å². The van der Waals surface area contributed by atoms with Crippen LogP contribution in [0.3, 0.4) is 0 Å². The van der Waals surface area contributed by atoms with Gasteiger partial charge in [-0.25, -0.2) is 4.79 Å². The molecule has 0 fully saturated rings. The Labute approximate surface area is 205 Å². The van der Waals surface area contributed by atoms with Crippen molar-refractivity contribution in [1.82, 2.24) is 0 Å². The molecule has 1 unspecified atom stereocenters. The lowest BCUT2D eigenvalue weighted by Gasteiger charge is -2.20. The summed E-state index contributed by atoms with van der Waals surface area (Å²) in [6.45, 7) is 1.77. The molecule has 2 N–H and O–H groups in total. The van der Waals surface area contributed by atoms with Gasteiger partial charge in [0.25, 0.3) is 0 Å². The number of hydrogen-bond donors (Lipinski definition) is 2. The number of carboxylic acids is 1. The van der Waals surface area contributed by atoms with Gasteiger partial charge in [0.15, 0.2) is 0 Å². The number of carboxylic acid groups (broad SMARTS) is 1. The highest BCUT2D eigenvalue weighted by Crippen LogP contribution is 2.39. The maximum Gasteiger partial charge on any atom is 0.349 e. The van der Waals surface area contributed by atoms with Crippen LogP contribution >= 0.6 is 90.4 Å². The summed E-state index contributed by atoms with van der Waals surface area (Å²) >= 11 is 8.50. The molecule has 0 saturated carbocycles. The van der Waals surface area contributed by atoms with Crippen LogP contribution in [0.4, 0.5) is 5.69 Å². The van der Waals surface area contributed by atoms with Crippen LogP contribution in [0.1, 0.15) is 25.0 Å². The number of halogens is 4. The van der Waals surface area contributed by atoms with Crippen LogP contribution < -0.4 is 10.1 Å². The van der Waals surface area contributed by atoms with E-state index in [4.69, 9.17) is 4.74 Å². The van der Waals surface area contributed by atoms with Crippen LogP contribution in [-0.4, -0.2) is 17.0 Å². The van der Waals surface area contributed by atoms with Crippen molar-refractivity contribution in [2.24, 2.45) is 0 Å². The van der Waals surface area contributed by atoms with Crippen molar-refractivity contribution in [1.29, 1.82) is 0 Å². The van der Waals surface area contributed by atoms with Gasteiger partial charge in [0.05, 0.1) is 12.8 Å². The normalized spacial score (nSPS) is 11.7. The average molecular weight is 803 g/mol. The Hall–Kier alpha value is 0.1000. The van der Waals surface area contributed by atoms with E-state index in [0.717, 1.165) is 10.7 Å². The van der Waals surface area contributed by atoms with E-state index in [9.17, 15) is 14.7 Å². The van der Waals surface area contributed by atoms with Crippen LogP contribution in [0.2, 0.25) is 0 Å². The largest absolute Gasteiger partial charge is 0.478 e. The Kier molecular flexibility index (Phi) is 8.65. The first-order valence-electron chi connectivity index (χ1n) is 7.36. The number of hydrogen-bond acceptors (Lipinski definition) is 3. The highest BCUT2D eigenvalue weighted by molar-refractivity contribution is 14.1. The van der Waals surface area contributed by atoms with Crippen molar-refractivity contribution < 1.29 is 19.4 Å². The predicted molar refractivity (Wildman–Crippen MR) is 134 cm³/mol. The highest BCUT2D eigenvalue weighted by Gasteiger charge is 2.26. The fourth-order valence-corrected chi connectivity index (χ4v) is 6.29. The molecule has 0 aliphatic carbocycles. The number of aliphatic carboxylic acids is 1. The molecule has 1 atom stereocenters. The Morgan fingerprint density at radius 1 is 1.12 bits per heavy atom. The summed E-state index contributed by atoms with van der Waals surface area (Å²) in [5.74, 6) is -0.736. The molecule has 0 bridgehead atoms. The molecule has 2 aromatic rings. The molecule has 0 aliphatic rings. The number of rotatable bonds is 6. The summed E-state index contributed by atoms with van der Waals surface area (Å²) in [6.07, 6.45) is -0.779. The Morgan fingerprint density at radius 2 is 1.73 bits per heavy atom. The van der Waals surface area contributed by atoms with Gasteiger partial charge in [-0.3, -0.25) is 4.79 Å². The summed E-state index contributed by atoms with van der Waals surface area (Å²) in [7, 11) is 0. The van der Waals surface area contributed by atoms with Gasteiger partial charge in [-0.1, -0.05) is 19.1 Å². The smallest absolute Gasteiger partial charge is 0.349 e. The highest BCUT2D eigenvalue weighted by atomic mass is 127. The molecule has 26 heavy (non-hydrogen) atoms. The molecular formula is C17H13I4NO4. The third kappa shape index (κ3) is 5.56. The van der Waals surface area contributed by atoms with E-state index in [1.54, 1.807) is 19.1 Å². The number of carbonyl (C=O) groups is 2. The van der Waals surface area contributed by atoms with E-state index < -0.39 is 12.1 Å². The predicted octanol–water partition coefficient (Wildman–Crippen LogP) is 5.66. The number of nitrogens with one attached hydrogen (secondary N) is 1. The van der Waals surface area contributed by atoms with E-state index in [-0.39, 0.29) is 5.91 Å². The average Bonchev–Trinajstić information content (AvgIpc) is 2.59. The molecule has 1 amide bonds. The molecule has 0 spiro atoms. The minimum atomic E-state index is -1.14. The van der Waals surface area contributed by atoms with Gasteiger partial charge < -0.3 is 15.2 Å². The van der Waals surface area contributed by atoms with Gasteiger partial charge >= 0.3 is 5.97 Å². The number of carbonyl (C=O) groups excluding carboxylic acids is 1. The second-order valence-electron chi connectivity index (χ2n) is 5.15. The van der Waals surface area contributed by atoms with Crippen molar-refractivity contribution in [2.75, 3.05) is 5.32 Å². The van der Waals surface area contributed by atoms with Crippen LogP contribution in [0.15, 0.2) is 30.3 Å². The summed E-state index contributed by atoms with van der Waals surface area (Å²) in [5, 5.41) is 12.5. The van der Waals surface area contributed by atoms with E-state index >= 15 is 0 Å². The van der Waals surface area contributed by atoms with Crippen LogP contribution in [-0.2, 0) is 9.59 Å². The summed E-state index contributed by atoms with van der Waals surface area (Å²) in [6, 6.07) is 9.02. The van der Waals surface area contributed by atoms with E-state index in [1.165, 1.54) is 0 Å². The first-order chi connectivity index (χ1) is 12.2. The molecule has 0 aliphatic heterocycles. The van der Waals surface area contributed by atoms with Gasteiger partial charge in [0, 0.05) is 19.1 Å². The summed E-state index contributed by atoms with van der Waals surface area (Å²) in [5.41, 5.74) is 1.20. The lowest BCUT2D eigenvalue weighted by Crippen LogP contribution is -2.20. The van der Waals surface area contributed by atoms with Crippen LogP contribution in [0.5, 0.6) is 5.75 Å². The number of amides is 1. The second kappa shape index (κ2) is 10.0. The van der Waals surface area contributed by atoms with Gasteiger partial charge in [-0.15, -0.1) is 0 Å². The molecule has 0 heterocycles. The number of benzene rings is 2. The number of anilines is 1. The van der Waals surface area contributed by atoms with Crippen molar-refractivity contribution >= 4 is 108 Å². The van der Waals surface area contributed by atoms with Gasteiger partial charge in [0.2, 0.25) is 12.0 Å². The first kappa shape index (κ1) is 22.4. The molecule has 2 aromatic carbocycles. The lowest BCUT2D eigenvalue weighted by atomic mass is 10.1. The number of ether oxygens (including phenoxy) is 1. The van der Waals surface area contributed by atoms with Gasteiger partial charge in [-0.05, 0) is 109 Å². The van der Waals surface area contributed by atoms with Gasteiger partial charge in [0.1, 0.15) is 5.75 Å². The zero-order chi connectivity index (χ0) is 19.4. The molecule has 138 valence electrons. The fourth-order valence-electron chi connectivity index (χ4n) is 2.04. The Morgan fingerprint density at radius 3 is 2.27 bits per heavy atom. The molecule has 0 radical (unpaired) electrons. The maximum atomic E-state index is 11.8. The van der Waals surface area contributed by atoms with E-state index in [1.807, 2.05) is 18.2 Å². The summed E-state index contributed by atoms with van der Waals surface area (Å²) < 4.78 is 9.24. The lowest BCUT2D eigenvalue weighted by molar-refractivity contribution is -0.145. The minimum Gasteiger partial charge on any atom is -0.478 e. The summed E-state index contributed by atoms with van der Waals surface area (Å²) in [4.78, 5) is 23.6. The topological polar surface area (TPSA) is 75.6 Å². The van der Waals surface area contributed by atoms with Crippen LogP contribution in [0, 0.1) is 14.3 Å². The molecule has 5 nitrogen and oxygen atoms in total. The quantitative estimate of drug-likeness (QED) is 0.371. The van der Waals surface area contributed by atoms with Crippen molar-refractivity contribution in [3.8, 4) is 5.75 Å². The van der Waals surface area contributed by atoms with Crippen molar-refractivity contribution in [3.05, 3.63) is 50.2 Å². The molecule has 9 heteroatoms. The zero-order valence-corrected chi connectivity index (χ0v) is 22.0. The SMILES string of the molecule is CCC(=O)Nc1c(I)cc(I)c(OC(C(=O)O)c2ccc(I)cc2)c1I. The minimum absolute atomic E-state index is 0.111. The molecular weight excluding hydrogens is 790 g/mol. The van der Waals surface area contributed by atoms with Crippen molar-refractivity contribution in [2.45, 2.75) is 19.4 Å². The Balaban J connectivity index is 2.45. The van der Waals surface area contributed by atoms with E-state index in [2.05, 4.69) is 95.7 Å². The third-order valence-electron chi connectivity index (χ3n) is 3.35. The monoisotopic (exact) mass is 803 g/mol. The molecule has 2 rings (SSSR count). The fraction of sp³-hybridized carbons (Fsp3) is 0.176. The molecule has 0 aromatic heterocycles. The van der Waals surface area contributed by atoms with Gasteiger partial charge in [-0.2, -0.15) is 0 Å². The Bertz CT molecular complexity index is 840. The standard InChI is InChI=1S/C17H13I4NO4/c1-2-12(23)22-14-10(19)7-11(20)16(13(14)21)26-15(17(24)25)8-3-5-9(18)6-4-8/h3-7,15H,2H2,1H3,(H,22,23)(H,24,25). The first-order valence-corrected chi connectivity index (χ1v) is 11.7. The maximum absolute atomic E-state index is 11.8. The molecule has 0 saturated heterocycles. The van der Waals surface area contributed by atoms with Crippen molar-refractivity contribution in [3.63, 3.8) is 0 Å².